The molecule has 76 valence electrons. The minimum absolute atomic E-state index is 0.0941. The predicted octanol–water partition coefficient (Wildman–Crippen LogP) is 2.30. The van der Waals surface area contributed by atoms with E-state index in [9.17, 15) is 0 Å². The van der Waals surface area contributed by atoms with Crippen molar-refractivity contribution in [1.82, 2.24) is 4.98 Å². The number of hydrogen-bond donors (Lipinski definition) is 1. The average Bonchev–Trinajstić information content (AvgIpc) is 2.14. The van der Waals surface area contributed by atoms with Gasteiger partial charge >= 0.3 is 0 Å². The van der Waals surface area contributed by atoms with Crippen LogP contribution >= 0.6 is 0 Å². The average molecular weight is 190 g/mol. The minimum atomic E-state index is -0.0941. The summed E-state index contributed by atoms with van der Waals surface area (Å²) >= 11 is 0. The second-order valence-corrected chi connectivity index (χ2v) is 4.81. The van der Waals surface area contributed by atoms with Crippen molar-refractivity contribution in [3.05, 3.63) is 30.1 Å². The SMILES string of the molecule is CC(C)C1CC(N)(c2cccnc2)C1. The molecule has 1 aliphatic carbocycles. The van der Waals surface area contributed by atoms with Crippen molar-refractivity contribution in [3.8, 4) is 0 Å². The zero-order valence-corrected chi connectivity index (χ0v) is 8.90. The second kappa shape index (κ2) is 3.35. The van der Waals surface area contributed by atoms with Gasteiger partial charge in [0.25, 0.3) is 0 Å². The maximum Gasteiger partial charge on any atom is 0.0430 e. The van der Waals surface area contributed by atoms with Crippen LogP contribution in [0.15, 0.2) is 24.5 Å². The normalized spacial score (nSPS) is 31.6. The number of nitrogens with two attached hydrogens (primary N) is 1. The first-order valence-electron chi connectivity index (χ1n) is 5.31. The van der Waals surface area contributed by atoms with Crippen LogP contribution in [-0.4, -0.2) is 4.98 Å². The number of hydrogen-bond acceptors (Lipinski definition) is 2. The van der Waals surface area contributed by atoms with Gasteiger partial charge in [-0.25, -0.2) is 0 Å². The molecular formula is C12H18N2. The summed E-state index contributed by atoms with van der Waals surface area (Å²) in [7, 11) is 0. The number of pyridine rings is 1. The molecule has 1 heterocycles. The van der Waals surface area contributed by atoms with Crippen LogP contribution in [-0.2, 0) is 5.54 Å². The van der Waals surface area contributed by atoms with Gasteiger partial charge in [-0.3, -0.25) is 4.98 Å². The van der Waals surface area contributed by atoms with E-state index in [-0.39, 0.29) is 5.54 Å². The molecule has 0 saturated heterocycles. The molecule has 0 amide bonds. The van der Waals surface area contributed by atoms with E-state index in [0.29, 0.717) is 0 Å². The number of nitrogens with zero attached hydrogens (tertiary/aromatic N) is 1. The van der Waals surface area contributed by atoms with Crippen molar-refractivity contribution in [3.63, 3.8) is 0 Å². The highest BCUT2D eigenvalue weighted by Gasteiger charge is 2.43. The fourth-order valence-electron chi connectivity index (χ4n) is 2.24. The Morgan fingerprint density at radius 1 is 1.50 bits per heavy atom. The first-order chi connectivity index (χ1) is 6.62. The molecule has 1 fully saturated rings. The van der Waals surface area contributed by atoms with E-state index in [1.807, 2.05) is 12.3 Å². The summed E-state index contributed by atoms with van der Waals surface area (Å²) < 4.78 is 0. The lowest BCUT2D eigenvalue weighted by atomic mass is 9.62. The lowest BCUT2D eigenvalue weighted by Gasteiger charge is -2.47. The van der Waals surface area contributed by atoms with E-state index < -0.39 is 0 Å². The maximum atomic E-state index is 6.31. The van der Waals surface area contributed by atoms with Crippen molar-refractivity contribution >= 4 is 0 Å². The molecule has 0 radical (unpaired) electrons. The van der Waals surface area contributed by atoms with Gasteiger partial charge in [0.05, 0.1) is 0 Å². The summed E-state index contributed by atoms with van der Waals surface area (Å²) in [5, 5.41) is 0. The van der Waals surface area contributed by atoms with Gasteiger partial charge in [-0.1, -0.05) is 19.9 Å². The van der Waals surface area contributed by atoms with Crippen LogP contribution in [0.2, 0.25) is 0 Å². The van der Waals surface area contributed by atoms with Crippen molar-refractivity contribution in [2.75, 3.05) is 0 Å². The summed E-state index contributed by atoms with van der Waals surface area (Å²) in [6, 6.07) is 4.05. The molecule has 1 aromatic heterocycles. The van der Waals surface area contributed by atoms with Gasteiger partial charge in [0.2, 0.25) is 0 Å². The Balaban J connectivity index is 2.08. The molecule has 0 aliphatic heterocycles. The van der Waals surface area contributed by atoms with Crippen LogP contribution in [0.3, 0.4) is 0 Å². The Morgan fingerprint density at radius 2 is 2.21 bits per heavy atom. The molecule has 2 rings (SSSR count). The lowest BCUT2D eigenvalue weighted by molar-refractivity contribution is 0.104. The van der Waals surface area contributed by atoms with E-state index in [1.165, 1.54) is 5.56 Å². The Bertz CT molecular complexity index is 299. The summed E-state index contributed by atoms with van der Waals surface area (Å²) in [5.74, 6) is 1.54. The van der Waals surface area contributed by atoms with Crippen molar-refractivity contribution in [1.29, 1.82) is 0 Å². The zero-order valence-electron chi connectivity index (χ0n) is 8.90. The van der Waals surface area contributed by atoms with Crippen LogP contribution in [0.25, 0.3) is 0 Å². The summed E-state index contributed by atoms with van der Waals surface area (Å²) in [6.07, 6.45) is 5.91. The van der Waals surface area contributed by atoms with Gasteiger partial charge in [0.1, 0.15) is 0 Å². The Morgan fingerprint density at radius 3 is 2.71 bits per heavy atom. The molecule has 0 spiro atoms. The molecule has 1 saturated carbocycles. The molecule has 2 nitrogen and oxygen atoms in total. The molecule has 2 N–H and O–H groups in total. The molecule has 1 aliphatic rings. The van der Waals surface area contributed by atoms with Gasteiger partial charge in [-0.15, -0.1) is 0 Å². The third-order valence-corrected chi connectivity index (χ3v) is 3.43. The van der Waals surface area contributed by atoms with Crippen LogP contribution < -0.4 is 5.73 Å². The van der Waals surface area contributed by atoms with Gasteiger partial charge in [0.15, 0.2) is 0 Å². The van der Waals surface area contributed by atoms with Gasteiger partial charge in [-0.2, -0.15) is 0 Å². The monoisotopic (exact) mass is 190 g/mol. The standard InChI is InChI=1S/C12H18N2/c1-9(2)10-6-12(13,7-10)11-4-3-5-14-8-11/h3-5,8-10H,6-7,13H2,1-2H3. The van der Waals surface area contributed by atoms with E-state index in [4.69, 9.17) is 5.73 Å². The second-order valence-electron chi connectivity index (χ2n) is 4.81. The minimum Gasteiger partial charge on any atom is -0.321 e. The van der Waals surface area contributed by atoms with Crippen molar-refractivity contribution in [2.45, 2.75) is 32.2 Å². The lowest BCUT2D eigenvalue weighted by Crippen LogP contribution is -2.50. The number of aromatic nitrogens is 1. The Labute approximate surface area is 85.5 Å². The van der Waals surface area contributed by atoms with Gasteiger partial charge in [0, 0.05) is 17.9 Å². The summed E-state index contributed by atoms with van der Waals surface area (Å²) in [6.45, 7) is 4.54. The van der Waals surface area contributed by atoms with Crippen LogP contribution in [0.5, 0.6) is 0 Å². The van der Waals surface area contributed by atoms with E-state index in [0.717, 1.165) is 24.7 Å². The molecule has 0 bridgehead atoms. The molecular weight excluding hydrogens is 172 g/mol. The Kier molecular flexibility index (Phi) is 2.31. The third kappa shape index (κ3) is 1.55. The molecule has 2 heteroatoms. The fraction of sp³-hybridized carbons (Fsp3) is 0.583. The smallest absolute Gasteiger partial charge is 0.0430 e. The van der Waals surface area contributed by atoms with Gasteiger partial charge < -0.3 is 5.73 Å². The van der Waals surface area contributed by atoms with Crippen LogP contribution in [0.1, 0.15) is 32.3 Å². The molecule has 1 aromatic rings. The molecule has 0 unspecified atom stereocenters. The summed E-state index contributed by atoms with van der Waals surface area (Å²) in [5.41, 5.74) is 7.41. The van der Waals surface area contributed by atoms with E-state index in [1.54, 1.807) is 6.20 Å². The van der Waals surface area contributed by atoms with Crippen LogP contribution in [0, 0.1) is 11.8 Å². The number of rotatable bonds is 2. The zero-order chi connectivity index (χ0) is 10.2. The largest absolute Gasteiger partial charge is 0.321 e. The molecule has 14 heavy (non-hydrogen) atoms. The Hall–Kier alpha value is -0.890. The maximum absolute atomic E-state index is 6.31. The molecule has 0 aromatic carbocycles. The topological polar surface area (TPSA) is 38.9 Å². The highest BCUT2D eigenvalue weighted by atomic mass is 14.8. The highest BCUT2D eigenvalue weighted by Crippen LogP contribution is 2.46. The quantitative estimate of drug-likeness (QED) is 0.777. The van der Waals surface area contributed by atoms with Crippen molar-refractivity contribution < 1.29 is 0 Å². The summed E-state index contributed by atoms with van der Waals surface area (Å²) in [4.78, 5) is 4.12. The van der Waals surface area contributed by atoms with E-state index in [2.05, 4.69) is 24.9 Å². The van der Waals surface area contributed by atoms with Gasteiger partial charge in [-0.05, 0) is 36.3 Å². The first-order valence-corrected chi connectivity index (χ1v) is 5.31. The highest BCUT2D eigenvalue weighted by molar-refractivity contribution is 5.24. The third-order valence-electron chi connectivity index (χ3n) is 3.43. The predicted molar refractivity (Wildman–Crippen MR) is 57.7 cm³/mol. The van der Waals surface area contributed by atoms with Crippen LogP contribution in [0.4, 0.5) is 0 Å². The molecule has 0 atom stereocenters. The van der Waals surface area contributed by atoms with E-state index >= 15 is 0 Å². The van der Waals surface area contributed by atoms with Crippen molar-refractivity contribution in [2.24, 2.45) is 17.6 Å². The first kappa shape index (κ1) is 9.66. The fourth-order valence-corrected chi connectivity index (χ4v) is 2.24.